The molecular formula is C22H29NO2. The van der Waals surface area contributed by atoms with Crippen molar-refractivity contribution < 1.29 is 9.53 Å². The molecule has 0 aliphatic rings. The molecule has 2 atom stereocenters. The highest BCUT2D eigenvalue weighted by atomic mass is 16.5. The van der Waals surface area contributed by atoms with E-state index in [1.807, 2.05) is 38.1 Å². The minimum atomic E-state index is -0.484. The number of nitrogens with one attached hydrogen (secondary N) is 1. The highest BCUT2D eigenvalue weighted by Crippen LogP contribution is 2.21. The summed E-state index contributed by atoms with van der Waals surface area (Å²) in [7, 11) is 0. The van der Waals surface area contributed by atoms with E-state index in [0.717, 1.165) is 23.3 Å². The fourth-order valence-electron chi connectivity index (χ4n) is 2.84. The van der Waals surface area contributed by atoms with Crippen LogP contribution in [0.4, 0.5) is 0 Å². The van der Waals surface area contributed by atoms with Crippen molar-refractivity contribution >= 4 is 5.91 Å². The quantitative estimate of drug-likeness (QED) is 0.768. The van der Waals surface area contributed by atoms with E-state index in [1.54, 1.807) is 0 Å². The lowest BCUT2D eigenvalue weighted by Gasteiger charge is -2.23. The van der Waals surface area contributed by atoms with Crippen LogP contribution in [0.2, 0.25) is 0 Å². The van der Waals surface area contributed by atoms with Crippen LogP contribution in [0.3, 0.4) is 0 Å². The molecule has 25 heavy (non-hydrogen) atoms. The summed E-state index contributed by atoms with van der Waals surface area (Å²) < 4.78 is 5.92. The fourth-order valence-corrected chi connectivity index (χ4v) is 2.84. The van der Waals surface area contributed by atoms with Crippen molar-refractivity contribution in [2.75, 3.05) is 0 Å². The van der Waals surface area contributed by atoms with Gasteiger partial charge in [0.1, 0.15) is 5.75 Å². The minimum absolute atomic E-state index is 0.00181. The third-order valence-electron chi connectivity index (χ3n) is 4.59. The average Bonchev–Trinajstić information content (AvgIpc) is 2.60. The minimum Gasteiger partial charge on any atom is -0.481 e. The van der Waals surface area contributed by atoms with E-state index in [4.69, 9.17) is 4.74 Å². The van der Waals surface area contributed by atoms with E-state index in [2.05, 4.69) is 44.3 Å². The first kappa shape index (κ1) is 19.0. The van der Waals surface area contributed by atoms with Gasteiger partial charge in [-0.1, -0.05) is 44.2 Å². The van der Waals surface area contributed by atoms with E-state index in [9.17, 15) is 4.79 Å². The van der Waals surface area contributed by atoms with Crippen LogP contribution < -0.4 is 10.1 Å². The van der Waals surface area contributed by atoms with Crippen LogP contribution >= 0.6 is 0 Å². The summed E-state index contributed by atoms with van der Waals surface area (Å²) in [6.45, 7) is 10.3. The molecule has 0 saturated heterocycles. The van der Waals surface area contributed by atoms with Gasteiger partial charge < -0.3 is 10.1 Å². The highest BCUT2D eigenvalue weighted by molar-refractivity contribution is 5.81. The molecule has 0 aliphatic carbocycles. The second kappa shape index (κ2) is 8.70. The van der Waals surface area contributed by atoms with Gasteiger partial charge in [0.05, 0.1) is 6.04 Å². The van der Waals surface area contributed by atoms with Crippen molar-refractivity contribution in [3.8, 4) is 5.75 Å². The molecule has 0 spiro atoms. The number of amides is 1. The zero-order valence-corrected chi connectivity index (χ0v) is 15.9. The van der Waals surface area contributed by atoms with E-state index >= 15 is 0 Å². The molecule has 0 fully saturated rings. The maximum Gasteiger partial charge on any atom is 0.261 e. The summed E-state index contributed by atoms with van der Waals surface area (Å²) >= 11 is 0. The first-order valence-corrected chi connectivity index (χ1v) is 9.05. The van der Waals surface area contributed by atoms with Crippen LogP contribution in [0.5, 0.6) is 5.75 Å². The Hall–Kier alpha value is -2.29. The largest absolute Gasteiger partial charge is 0.481 e. The predicted octanol–water partition coefficient (Wildman–Crippen LogP) is 5.04. The van der Waals surface area contributed by atoms with Crippen molar-refractivity contribution in [1.82, 2.24) is 5.32 Å². The monoisotopic (exact) mass is 339 g/mol. The maximum atomic E-state index is 12.7. The van der Waals surface area contributed by atoms with Gasteiger partial charge in [-0.25, -0.2) is 0 Å². The topological polar surface area (TPSA) is 38.3 Å². The number of carbonyl (C=O) groups excluding carboxylic acids is 1. The van der Waals surface area contributed by atoms with Gasteiger partial charge >= 0.3 is 0 Å². The lowest BCUT2D eigenvalue weighted by Crippen LogP contribution is -2.40. The summed E-state index contributed by atoms with van der Waals surface area (Å²) in [5.74, 6) is 0.676. The van der Waals surface area contributed by atoms with Crippen molar-refractivity contribution in [2.45, 2.75) is 59.6 Å². The molecule has 0 bridgehead atoms. The lowest BCUT2D eigenvalue weighted by atomic mass is 9.99. The molecule has 2 aromatic carbocycles. The molecule has 1 N–H and O–H groups in total. The molecule has 0 radical (unpaired) electrons. The zero-order chi connectivity index (χ0) is 18.4. The first-order chi connectivity index (χ1) is 11.9. The Morgan fingerprint density at radius 1 is 1.00 bits per heavy atom. The van der Waals surface area contributed by atoms with Gasteiger partial charge in [0, 0.05) is 0 Å². The standard InChI is InChI=1S/C22H29NO2/c1-6-20(18-12-11-16(4)17(5)14-18)23-22(24)21(7-2)25-19-10-8-9-15(3)13-19/h8-14,20-21H,6-7H2,1-5H3,(H,23,24)/t20-,21-/m0/s1. The van der Waals surface area contributed by atoms with Crippen LogP contribution in [0, 0.1) is 20.8 Å². The number of ether oxygens (including phenoxy) is 1. The summed E-state index contributed by atoms with van der Waals surface area (Å²) in [6, 6.07) is 14.2. The molecule has 0 aromatic heterocycles. The second-order valence-corrected chi connectivity index (χ2v) is 6.64. The van der Waals surface area contributed by atoms with Gasteiger partial charge in [0.15, 0.2) is 6.10 Å². The first-order valence-electron chi connectivity index (χ1n) is 9.05. The van der Waals surface area contributed by atoms with Crippen molar-refractivity contribution in [1.29, 1.82) is 0 Å². The summed E-state index contributed by atoms with van der Waals surface area (Å²) in [6.07, 6.45) is 0.987. The van der Waals surface area contributed by atoms with Crippen molar-refractivity contribution in [3.63, 3.8) is 0 Å². The van der Waals surface area contributed by atoms with Crippen molar-refractivity contribution in [3.05, 3.63) is 64.7 Å². The fraction of sp³-hybridized carbons (Fsp3) is 0.409. The number of aryl methyl sites for hydroxylation is 3. The molecule has 0 saturated carbocycles. The Morgan fingerprint density at radius 3 is 2.36 bits per heavy atom. The Labute approximate surface area is 151 Å². The second-order valence-electron chi connectivity index (χ2n) is 6.64. The van der Waals surface area contributed by atoms with E-state index in [-0.39, 0.29) is 11.9 Å². The van der Waals surface area contributed by atoms with Crippen molar-refractivity contribution in [2.24, 2.45) is 0 Å². The van der Waals surface area contributed by atoms with Crippen LogP contribution in [0.1, 0.15) is 55.0 Å². The van der Waals surface area contributed by atoms with Gasteiger partial charge in [-0.2, -0.15) is 0 Å². The number of hydrogen-bond donors (Lipinski definition) is 1. The third-order valence-corrected chi connectivity index (χ3v) is 4.59. The maximum absolute atomic E-state index is 12.7. The summed E-state index contributed by atoms with van der Waals surface area (Å²) in [4.78, 5) is 12.7. The third kappa shape index (κ3) is 5.09. The van der Waals surface area contributed by atoms with Crippen LogP contribution in [-0.2, 0) is 4.79 Å². The Balaban J connectivity index is 2.09. The highest BCUT2D eigenvalue weighted by Gasteiger charge is 2.22. The van der Waals surface area contributed by atoms with E-state index in [0.29, 0.717) is 6.42 Å². The normalized spacial score (nSPS) is 13.2. The molecule has 1 amide bonds. The average molecular weight is 339 g/mol. The Kier molecular flexibility index (Phi) is 6.63. The molecule has 0 unspecified atom stereocenters. The van der Waals surface area contributed by atoms with Gasteiger partial charge in [-0.15, -0.1) is 0 Å². The smallest absolute Gasteiger partial charge is 0.261 e. The predicted molar refractivity (Wildman–Crippen MR) is 103 cm³/mol. The number of rotatable bonds is 7. The summed E-state index contributed by atoms with van der Waals surface area (Å²) in [5, 5.41) is 3.15. The number of carbonyl (C=O) groups is 1. The zero-order valence-electron chi connectivity index (χ0n) is 15.9. The lowest BCUT2D eigenvalue weighted by molar-refractivity contribution is -0.128. The number of hydrogen-bond acceptors (Lipinski definition) is 2. The number of benzene rings is 2. The van der Waals surface area contributed by atoms with E-state index < -0.39 is 6.10 Å². The van der Waals surface area contributed by atoms with Gasteiger partial charge in [-0.3, -0.25) is 4.79 Å². The molecule has 134 valence electrons. The van der Waals surface area contributed by atoms with Gasteiger partial charge in [-0.05, 0) is 68.0 Å². The Bertz CT molecular complexity index is 724. The van der Waals surface area contributed by atoms with Crippen LogP contribution in [-0.4, -0.2) is 12.0 Å². The molecule has 2 rings (SSSR count). The molecule has 2 aromatic rings. The molecule has 0 heterocycles. The molecule has 0 aliphatic heterocycles. The molecule has 3 nitrogen and oxygen atoms in total. The van der Waals surface area contributed by atoms with Crippen LogP contribution in [0.15, 0.2) is 42.5 Å². The molecule has 3 heteroatoms. The van der Waals surface area contributed by atoms with Gasteiger partial charge in [0.25, 0.3) is 5.91 Å². The van der Waals surface area contributed by atoms with E-state index in [1.165, 1.54) is 11.1 Å². The SMILES string of the molecule is CC[C@H](Oc1cccc(C)c1)C(=O)N[C@@H](CC)c1ccc(C)c(C)c1. The van der Waals surface area contributed by atoms with Gasteiger partial charge in [0.2, 0.25) is 0 Å². The Morgan fingerprint density at radius 2 is 1.76 bits per heavy atom. The molecular weight excluding hydrogens is 310 g/mol. The van der Waals surface area contributed by atoms with Crippen LogP contribution in [0.25, 0.3) is 0 Å². The summed E-state index contributed by atoms with van der Waals surface area (Å²) in [5.41, 5.74) is 4.77.